The van der Waals surface area contributed by atoms with E-state index in [0.717, 1.165) is 12.8 Å². The van der Waals surface area contributed by atoms with E-state index < -0.39 is 0 Å². The van der Waals surface area contributed by atoms with Crippen molar-refractivity contribution in [3.8, 4) is 0 Å². The van der Waals surface area contributed by atoms with E-state index >= 15 is 0 Å². The van der Waals surface area contributed by atoms with Crippen LogP contribution in [0.2, 0.25) is 0 Å². The van der Waals surface area contributed by atoms with Crippen molar-refractivity contribution in [2.24, 2.45) is 0 Å². The van der Waals surface area contributed by atoms with Crippen LogP contribution in [0, 0.1) is 0 Å². The van der Waals surface area contributed by atoms with E-state index in [0.29, 0.717) is 6.04 Å². The fourth-order valence-electron chi connectivity index (χ4n) is 3.39. The van der Waals surface area contributed by atoms with Crippen LogP contribution in [-0.4, -0.2) is 24.0 Å². The summed E-state index contributed by atoms with van der Waals surface area (Å²) in [5, 5.41) is 0. The lowest BCUT2D eigenvalue weighted by atomic mass is 9.96. The molecule has 1 fully saturated rings. The largest absolute Gasteiger partial charge is 0.300 e. The first-order valence-electron chi connectivity index (χ1n) is 8.24. The maximum Gasteiger partial charge on any atom is 0.0176 e. The molecular formula is C20H25N. The summed E-state index contributed by atoms with van der Waals surface area (Å²) < 4.78 is 0. The summed E-state index contributed by atoms with van der Waals surface area (Å²) in [6, 6.07) is 22.5. The summed E-state index contributed by atoms with van der Waals surface area (Å²) in [7, 11) is 0. The van der Waals surface area contributed by atoms with Gasteiger partial charge in [0.05, 0.1) is 0 Å². The van der Waals surface area contributed by atoms with Gasteiger partial charge in [0.25, 0.3) is 0 Å². The second-order valence-corrected chi connectivity index (χ2v) is 6.13. The second-order valence-electron chi connectivity index (χ2n) is 6.13. The van der Waals surface area contributed by atoms with Gasteiger partial charge in [-0.25, -0.2) is 0 Å². The minimum atomic E-state index is 0.634. The number of piperidine rings is 1. The van der Waals surface area contributed by atoms with Crippen LogP contribution in [0.25, 0.3) is 0 Å². The summed E-state index contributed by atoms with van der Waals surface area (Å²) in [4.78, 5) is 2.71. The van der Waals surface area contributed by atoms with Gasteiger partial charge in [0, 0.05) is 6.04 Å². The number of rotatable bonds is 5. The molecule has 0 bridgehead atoms. The highest BCUT2D eigenvalue weighted by Crippen LogP contribution is 2.19. The third-order valence-corrected chi connectivity index (χ3v) is 4.54. The topological polar surface area (TPSA) is 3.24 Å². The molecule has 110 valence electrons. The van der Waals surface area contributed by atoms with Crippen molar-refractivity contribution in [1.82, 2.24) is 4.90 Å². The van der Waals surface area contributed by atoms with Crippen LogP contribution in [0.4, 0.5) is 0 Å². The molecule has 1 heterocycles. The van der Waals surface area contributed by atoms with Crippen molar-refractivity contribution in [3.63, 3.8) is 0 Å². The van der Waals surface area contributed by atoms with Gasteiger partial charge >= 0.3 is 0 Å². The Bertz CT molecular complexity index is 473. The molecule has 0 aliphatic carbocycles. The normalized spacial score (nSPS) is 16.2. The van der Waals surface area contributed by atoms with Crippen LogP contribution >= 0.6 is 0 Å². The molecule has 0 saturated carbocycles. The average molecular weight is 279 g/mol. The number of nitrogens with zero attached hydrogens (tertiary/aromatic N) is 1. The quantitative estimate of drug-likeness (QED) is 0.787. The van der Waals surface area contributed by atoms with Crippen molar-refractivity contribution in [1.29, 1.82) is 0 Å². The third kappa shape index (κ3) is 4.18. The lowest BCUT2D eigenvalue weighted by molar-refractivity contribution is 0.160. The van der Waals surface area contributed by atoms with Crippen LogP contribution in [-0.2, 0) is 12.8 Å². The lowest BCUT2D eigenvalue weighted by Gasteiger charge is -2.35. The summed E-state index contributed by atoms with van der Waals surface area (Å²) in [5.41, 5.74) is 2.92. The number of hydrogen-bond acceptors (Lipinski definition) is 1. The van der Waals surface area contributed by atoms with Gasteiger partial charge in [0.2, 0.25) is 0 Å². The molecule has 2 aromatic carbocycles. The summed E-state index contributed by atoms with van der Waals surface area (Å²) in [6.07, 6.45) is 6.45. The molecule has 1 saturated heterocycles. The van der Waals surface area contributed by atoms with Crippen LogP contribution < -0.4 is 0 Å². The maximum absolute atomic E-state index is 2.71. The first-order valence-corrected chi connectivity index (χ1v) is 8.24. The van der Waals surface area contributed by atoms with Crippen LogP contribution in [0.5, 0.6) is 0 Å². The fourth-order valence-corrected chi connectivity index (χ4v) is 3.39. The smallest absolute Gasteiger partial charge is 0.0176 e. The minimum Gasteiger partial charge on any atom is -0.300 e. The van der Waals surface area contributed by atoms with E-state index in [1.54, 1.807) is 0 Å². The molecule has 0 atom stereocenters. The molecule has 0 radical (unpaired) electrons. The molecule has 0 unspecified atom stereocenters. The SMILES string of the molecule is c1ccc(CC(Cc2ccccc2)N2CCCCC2)cc1. The second kappa shape index (κ2) is 7.42. The van der Waals surface area contributed by atoms with E-state index in [1.165, 1.54) is 43.5 Å². The summed E-state index contributed by atoms with van der Waals surface area (Å²) >= 11 is 0. The van der Waals surface area contributed by atoms with Gasteiger partial charge in [-0.05, 0) is 49.9 Å². The van der Waals surface area contributed by atoms with Gasteiger partial charge in [0.15, 0.2) is 0 Å². The molecule has 0 amide bonds. The fraction of sp³-hybridized carbons (Fsp3) is 0.400. The number of benzene rings is 2. The Kier molecular flexibility index (Phi) is 5.07. The Balaban J connectivity index is 1.73. The van der Waals surface area contributed by atoms with Crippen LogP contribution in [0.1, 0.15) is 30.4 Å². The Morgan fingerprint density at radius 3 is 1.62 bits per heavy atom. The van der Waals surface area contributed by atoms with Gasteiger partial charge in [-0.2, -0.15) is 0 Å². The highest BCUT2D eigenvalue weighted by atomic mass is 15.2. The molecule has 0 N–H and O–H groups in total. The van der Waals surface area contributed by atoms with Crippen molar-refractivity contribution in [3.05, 3.63) is 71.8 Å². The Morgan fingerprint density at radius 2 is 1.14 bits per heavy atom. The van der Waals surface area contributed by atoms with Crippen molar-refractivity contribution in [2.45, 2.75) is 38.1 Å². The summed E-state index contributed by atoms with van der Waals surface area (Å²) in [5.74, 6) is 0. The predicted octanol–water partition coefficient (Wildman–Crippen LogP) is 4.33. The number of hydrogen-bond donors (Lipinski definition) is 0. The standard InChI is InChI=1S/C20H25N/c1-4-10-18(11-5-1)16-20(21-14-8-3-9-15-21)17-19-12-6-2-7-13-19/h1-2,4-7,10-13,20H,3,8-9,14-17H2. The molecule has 3 rings (SSSR count). The van der Waals surface area contributed by atoms with E-state index in [1.807, 2.05) is 0 Å². The molecule has 1 nitrogen and oxygen atoms in total. The minimum absolute atomic E-state index is 0.634. The van der Waals surface area contributed by atoms with Gasteiger partial charge in [-0.15, -0.1) is 0 Å². The zero-order valence-corrected chi connectivity index (χ0v) is 12.7. The van der Waals surface area contributed by atoms with Gasteiger partial charge in [-0.1, -0.05) is 67.1 Å². The lowest BCUT2D eigenvalue weighted by Crippen LogP contribution is -2.41. The molecule has 21 heavy (non-hydrogen) atoms. The van der Waals surface area contributed by atoms with E-state index in [4.69, 9.17) is 0 Å². The molecule has 0 aromatic heterocycles. The van der Waals surface area contributed by atoms with Crippen molar-refractivity contribution >= 4 is 0 Å². The average Bonchev–Trinajstić information content (AvgIpc) is 2.57. The van der Waals surface area contributed by atoms with E-state index in [9.17, 15) is 0 Å². The van der Waals surface area contributed by atoms with Gasteiger partial charge in [-0.3, -0.25) is 4.90 Å². The molecule has 2 aromatic rings. The summed E-state index contributed by atoms with van der Waals surface area (Å²) in [6.45, 7) is 2.54. The molecular weight excluding hydrogens is 254 g/mol. The van der Waals surface area contributed by atoms with Crippen LogP contribution in [0.3, 0.4) is 0 Å². The van der Waals surface area contributed by atoms with Gasteiger partial charge < -0.3 is 0 Å². The highest BCUT2D eigenvalue weighted by Gasteiger charge is 2.21. The van der Waals surface area contributed by atoms with E-state index in [-0.39, 0.29) is 0 Å². The van der Waals surface area contributed by atoms with Crippen molar-refractivity contribution < 1.29 is 0 Å². The molecule has 1 heteroatoms. The van der Waals surface area contributed by atoms with Gasteiger partial charge in [0.1, 0.15) is 0 Å². The number of likely N-dealkylation sites (tertiary alicyclic amines) is 1. The zero-order valence-electron chi connectivity index (χ0n) is 12.7. The predicted molar refractivity (Wildman–Crippen MR) is 89.5 cm³/mol. The maximum atomic E-state index is 2.71. The Hall–Kier alpha value is -1.60. The highest BCUT2D eigenvalue weighted by molar-refractivity contribution is 5.19. The first-order chi connectivity index (χ1) is 10.4. The molecule has 1 aliphatic heterocycles. The Labute approximate surface area is 128 Å². The van der Waals surface area contributed by atoms with E-state index in [2.05, 4.69) is 65.6 Å². The van der Waals surface area contributed by atoms with Crippen molar-refractivity contribution in [2.75, 3.05) is 13.1 Å². The van der Waals surface area contributed by atoms with Crippen LogP contribution in [0.15, 0.2) is 60.7 Å². The Morgan fingerprint density at radius 1 is 0.667 bits per heavy atom. The molecule has 1 aliphatic rings. The molecule has 0 spiro atoms. The third-order valence-electron chi connectivity index (χ3n) is 4.54. The first kappa shape index (κ1) is 14.3. The monoisotopic (exact) mass is 279 g/mol. The zero-order chi connectivity index (χ0) is 14.3.